The molecule has 0 atom stereocenters. The molecule has 0 fully saturated rings. The Morgan fingerprint density at radius 3 is 2.57 bits per heavy atom. The molecule has 1 aromatic carbocycles. The van der Waals surface area contributed by atoms with Gasteiger partial charge in [-0.15, -0.1) is 5.46 Å². The quantitative estimate of drug-likeness (QED) is 0.534. The monoisotopic (exact) mass is 326 g/mol. The van der Waals surface area contributed by atoms with E-state index in [-0.39, 0.29) is 58.0 Å². The van der Waals surface area contributed by atoms with Crippen LogP contribution in [0.2, 0.25) is 0 Å². The number of hydrogen-bond acceptors (Lipinski definition) is 2. The van der Waals surface area contributed by atoms with Crippen molar-refractivity contribution in [2.24, 2.45) is 7.05 Å². The van der Waals surface area contributed by atoms with Crippen LogP contribution in [0.1, 0.15) is 5.82 Å². The summed E-state index contributed by atoms with van der Waals surface area (Å²) in [5, 5.41) is 0. The van der Waals surface area contributed by atoms with Gasteiger partial charge >= 0.3 is 58.4 Å². The number of rotatable bonds is 5. The summed E-state index contributed by atoms with van der Waals surface area (Å²) in [4.78, 5) is 4.04. The maximum absolute atomic E-state index is 13.4. The minimum Gasteiger partial charge on any atom is -0.490 e. The summed E-state index contributed by atoms with van der Waals surface area (Å²) < 4.78 is 57.9. The van der Waals surface area contributed by atoms with Crippen LogP contribution in [0, 0.1) is 5.82 Å². The van der Waals surface area contributed by atoms with Gasteiger partial charge in [-0.1, -0.05) is 6.07 Å². The van der Waals surface area contributed by atoms with E-state index in [1.165, 1.54) is 0 Å². The van der Waals surface area contributed by atoms with Gasteiger partial charge in [-0.05, 0) is 12.1 Å². The van der Waals surface area contributed by atoms with Crippen LogP contribution in [-0.2, 0) is 13.5 Å². The summed E-state index contributed by atoms with van der Waals surface area (Å²) in [5.74, 6) is -0.494. The number of benzene rings is 1. The predicted molar refractivity (Wildman–Crippen MR) is 67.5 cm³/mol. The fourth-order valence-corrected chi connectivity index (χ4v) is 1.72. The Hall–Kier alpha value is -0.349. The molecule has 0 aliphatic rings. The van der Waals surface area contributed by atoms with Gasteiger partial charge in [0.05, 0.1) is 6.61 Å². The van der Waals surface area contributed by atoms with Crippen molar-refractivity contribution in [1.82, 2.24) is 9.55 Å². The van der Waals surface area contributed by atoms with E-state index in [1.54, 1.807) is 24.0 Å². The first-order chi connectivity index (χ1) is 9.38. The molecule has 108 valence electrons. The molecular formula is C12H12BF4KN2O. The van der Waals surface area contributed by atoms with Crippen molar-refractivity contribution in [3.8, 4) is 5.75 Å². The Bertz CT molecular complexity index is 603. The van der Waals surface area contributed by atoms with Crippen molar-refractivity contribution in [3.05, 3.63) is 42.2 Å². The van der Waals surface area contributed by atoms with Gasteiger partial charge in [0.15, 0.2) is 11.6 Å². The summed E-state index contributed by atoms with van der Waals surface area (Å²) in [7, 11) is 1.79. The van der Waals surface area contributed by atoms with Crippen LogP contribution in [-0.4, -0.2) is 23.1 Å². The first-order valence-electron chi connectivity index (χ1n) is 5.96. The molecule has 2 rings (SSSR count). The molecule has 0 radical (unpaired) electrons. The zero-order chi connectivity index (χ0) is 14.8. The van der Waals surface area contributed by atoms with Gasteiger partial charge in [0.2, 0.25) is 0 Å². The summed E-state index contributed by atoms with van der Waals surface area (Å²) in [6.45, 7) is -5.11. The van der Waals surface area contributed by atoms with Gasteiger partial charge in [-0.25, -0.2) is 9.37 Å². The van der Waals surface area contributed by atoms with E-state index in [2.05, 4.69) is 4.98 Å². The van der Waals surface area contributed by atoms with Crippen LogP contribution >= 0.6 is 0 Å². The predicted octanol–water partition coefficient (Wildman–Crippen LogP) is -0.761. The first-order valence-corrected chi connectivity index (χ1v) is 5.96. The van der Waals surface area contributed by atoms with E-state index in [0.29, 0.717) is 24.4 Å². The third kappa shape index (κ3) is 5.10. The van der Waals surface area contributed by atoms with Crippen LogP contribution in [0.25, 0.3) is 0 Å². The molecular weight excluding hydrogens is 314 g/mol. The van der Waals surface area contributed by atoms with Gasteiger partial charge in [-0.2, -0.15) is 0 Å². The molecule has 0 amide bonds. The molecule has 1 heterocycles. The molecule has 21 heavy (non-hydrogen) atoms. The molecule has 0 unspecified atom stereocenters. The number of hydrogen-bond donors (Lipinski definition) is 0. The van der Waals surface area contributed by atoms with Crippen molar-refractivity contribution in [2.75, 3.05) is 6.61 Å². The number of halogens is 4. The van der Waals surface area contributed by atoms with Crippen LogP contribution in [0.3, 0.4) is 0 Å². The van der Waals surface area contributed by atoms with E-state index < -0.39 is 24.0 Å². The average Bonchev–Trinajstić information content (AvgIpc) is 2.76. The Morgan fingerprint density at radius 1 is 1.29 bits per heavy atom. The Morgan fingerprint density at radius 2 is 2.00 bits per heavy atom. The molecule has 1 aromatic heterocycles. The largest absolute Gasteiger partial charge is 1.00 e. The maximum Gasteiger partial charge on any atom is 1.00 e. The molecule has 9 heteroatoms. The maximum atomic E-state index is 13.4. The third-order valence-corrected chi connectivity index (χ3v) is 2.84. The molecule has 2 aromatic rings. The van der Waals surface area contributed by atoms with Gasteiger partial charge in [0, 0.05) is 25.9 Å². The molecule has 0 saturated heterocycles. The van der Waals surface area contributed by atoms with Crippen LogP contribution in [0.4, 0.5) is 17.3 Å². The third-order valence-electron chi connectivity index (χ3n) is 2.84. The standard InChI is InChI=1S/C12H12BF4N2O.K/c1-19-6-5-18-12(19)4-7-20-11-8-9(13(15,16)17)2-3-10(11)14;/h2-3,5-6,8H,4,7H2,1H3;/q-1;+1. The van der Waals surface area contributed by atoms with E-state index in [1.807, 2.05) is 0 Å². The number of ether oxygens (including phenoxy) is 1. The van der Waals surface area contributed by atoms with Crippen LogP contribution in [0.5, 0.6) is 5.75 Å². The van der Waals surface area contributed by atoms with E-state index in [0.717, 1.165) is 6.07 Å². The van der Waals surface area contributed by atoms with Crippen LogP contribution in [0.15, 0.2) is 30.6 Å². The topological polar surface area (TPSA) is 27.1 Å². The zero-order valence-corrected chi connectivity index (χ0v) is 14.8. The van der Waals surface area contributed by atoms with Crippen molar-refractivity contribution in [1.29, 1.82) is 0 Å². The van der Waals surface area contributed by atoms with E-state index in [9.17, 15) is 17.3 Å². The Balaban J connectivity index is 0.00000220. The zero-order valence-electron chi connectivity index (χ0n) is 11.7. The number of aromatic nitrogens is 2. The minimum absolute atomic E-state index is 0. The van der Waals surface area contributed by atoms with E-state index >= 15 is 0 Å². The van der Waals surface area contributed by atoms with Gasteiger partial charge in [0.25, 0.3) is 0 Å². The summed E-state index contributed by atoms with van der Waals surface area (Å²) in [6.07, 6.45) is 3.72. The molecule has 0 N–H and O–H groups in total. The molecule has 0 saturated carbocycles. The second-order valence-corrected chi connectivity index (χ2v) is 4.32. The SMILES string of the molecule is Cn1ccnc1CCOc1cc([B-](F)(F)F)ccc1F.[K+]. The average molecular weight is 326 g/mol. The fraction of sp³-hybridized carbons (Fsp3) is 0.250. The summed E-state index contributed by atoms with van der Waals surface area (Å²) in [6, 6.07) is 2.16. The van der Waals surface area contributed by atoms with Crippen molar-refractivity contribution >= 4 is 12.4 Å². The van der Waals surface area contributed by atoms with Crippen molar-refractivity contribution < 1.29 is 73.5 Å². The fourth-order valence-electron chi connectivity index (χ4n) is 1.72. The van der Waals surface area contributed by atoms with Gasteiger partial charge < -0.3 is 22.3 Å². The number of nitrogens with zero attached hydrogens (tertiary/aromatic N) is 2. The van der Waals surface area contributed by atoms with E-state index in [4.69, 9.17) is 4.74 Å². The normalized spacial score (nSPS) is 11.1. The van der Waals surface area contributed by atoms with Crippen molar-refractivity contribution in [3.63, 3.8) is 0 Å². The molecule has 3 nitrogen and oxygen atoms in total. The Labute approximate surface area is 162 Å². The van der Waals surface area contributed by atoms with Gasteiger partial charge in [-0.3, -0.25) is 0 Å². The van der Waals surface area contributed by atoms with Crippen molar-refractivity contribution in [2.45, 2.75) is 6.42 Å². The summed E-state index contributed by atoms with van der Waals surface area (Å²) in [5.41, 5.74) is -0.876. The number of imidazole rings is 1. The number of aryl methyl sites for hydroxylation is 1. The minimum atomic E-state index is -5.17. The first kappa shape index (κ1) is 18.7. The second-order valence-electron chi connectivity index (χ2n) is 4.32. The van der Waals surface area contributed by atoms with Crippen LogP contribution < -0.4 is 61.6 Å². The van der Waals surface area contributed by atoms with Gasteiger partial charge in [0.1, 0.15) is 5.82 Å². The Kier molecular flexibility index (Phi) is 6.92. The molecule has 0 bridgehead atoms. The molecule has 0 aliphatic heterocycles. The second kappa shape index (κ2) is 7.78. The molecule has 0 aliphatic carbocycles. The smallest absolute Gasteiger partial charge is 0.490 e. The molecule has 0 spiro atoms. The summed E-state index contributed by atoms with van der Waals surface area (Å²) >= 11 is 0.